The van der Waals surface area contributed by atoms with E-state index in [2.05, 4.69) is 12.2 Å². The standard InChI is InChI=1S/C16H22FNO2/c1-2-12-6-8-16(20,9-7-12)11-18-15(19)13-4-3-5-14(17)10-13/h3-5,10,12,20H,2,6-9,11H2,1H3,(H,18,19). The molecule has 4 heteroatoms. The van der Waals surface area contributed by atoms with Gasteiger partial charge in [0.25, 0.3) is 5.91 Å². The minimum absolute atomic E-state index is 0.235. The second kappa shape index (κ2) is 6.35. The summed E-state index contributed by atoms with van der Waals surface area (Å²) in [6.45, 7) is 2.40. The van der Waals surface area contributed by atoms with Crippen LogP contribution in [-0.2, 0) is 0 Å². The Morgan fingerprint density at radius 1 is 1.45 bits per heavy atom. The molecule has 0 radical (unpaired) electrons. The number of amides is 1. The van der Waals surface area contributed by atoms with Gasteiger partial charge in [0.15, 0.2) is 0 Å². The summed E-state index contributed by atoms with van der Waals surface area (Å²) in [4.78, 5) is 11.9. The van der Waals surface area contributed by atoms with Crippen LogP contribution < -0.4 is 5.32 Å². The van der Waals surface area contributed by atoms with E-state index in [-0.39, 0.29) is 18.0 Å². The maximum absolute atomic E-state index is 13.1. The molecule has 2 N–H and O–H groups in total. The SMILES string of the molecule is CCC1CCC(O)(CNC(=O)c2cccc(F)c2)CC1. The van der Waals surface area contributed by atoms with Crippen molar-refractivity contribution in [3.05, 3.63) is 35.6 Å². The normalized spacial score (nSPS) is 26.2. The van der Waals surface area contributed by atoms with E-state index >= 15 is 0 Å². The minimum Gasteiger partial charge on any atom is -0.388 e. The number of benzene rings is 1. The highest BCUT2D eigenvalue weighted by Gasteiger charge is 2.32. The number of carbonyl (C=O) groups excluding carboxylic acids is 1. The van der Waals surface area contributed by atoms with Crippen molar-refractivity contribution < 1.29 is 14.3 Å². The number of nitrogens with one attached hydrogen (secondary N) is 1. The van der Waals surface area contributed by atoms with Crippen LogP contribution in [0.25, 0.3) is 0 Å². The molecule has 1 aromatic rings. The molecule has 3 nitrogen and oxygen atoms in total. The monoisotopic (exact) mass is 279 g/mol. The Morgan fingerprint density at radius 3 is 2.75 bits per heavy atom. The molecule has 1 aliphatic rings. The zero-order valence-electron chi connectivity index (χ0n) is 11.9. The molecule has 2 rings (SSSR count). The smallest absolute Gasteiger partial charge is 0.251 e. The molecule has 0 aromatic heterocycles. The zero-order chi connectivity index (χ0) is 14.6. The summed E-state index contributed by atoms with van der Waals surface area (Å²) in [6.07, 6.45) is 4.58. The maximum Gasteiger partial charge on any atom is 0.251 e. The number of carbonyl (C=O) groups is 1. The largest absolute Gasteiger partial charge is 0.388 e. The third-order valence-corrected chi connectivity index (χ3v) is 4.28. The highest BCUT2D eigenvalue weighted by atomic mass is 19.1. The molecule has 1 aromatic carbocycles. The summed E-state index contributed by atoms with van der Waals surface area (Å²) >= 11 is 0. The van der Waals surface area contributed by atoms with Crippen LogP contribution in [0.3, 0.4) is 0 Å². The van der Waals surface area contributed by atoms with Gasteiger partial charge in [0.1, 0.15) is 5.82 Å². The van der Waals surface area contributed by atoms with Crippen LogP contribution in [0.4, 0.5) is 4.39 Å². The van der Waals surface area contributed by atoms with Crippen LogP contribution in [0, 0.1) is 11.7 Å². The number of aliphatic hydroxyl groups is 1. The Bertz CT molecular complexity index is 467. The average Bonchev–Trinajstić information content (AvgIpc) is 2.46. The van der Waals surface area contributed by atoms with E-state index in [0.717, 1.165) is 32.1 Å². The summed E-state index contributed by atoms with van der Waals surface area (Å²) in [6, 6.07) is 5.57. The first-order valence-corrected chi connectivity index (χ1v) is 7.28. The first-order valence-electron chi connectivity index (χ1n) is 7.28. The van der Waals surface area contributed by atoms with Crippen molar-refractivity contribution >= 4 is 5.91 Å². The molecule has 0 atom stereocenters. The quantitative estimate of drug-likeness (QED) is 0.890. The molecule has 0 saturated heterocycles. The summed E-state index contributed by atoms with van der Waals surface area (Å²) in [5, 5.41) is 13.2. The van der Waals surface area contributed by atoms with Crippen LogP contribution >= 0.6 is 0 Å². The first-order chi connectivity index (χ1) is 9.52. The molecular formula is C16H22FNO2. The number of hydrogen-bond acceptors (Lipinski definition) is 2. The Morgan fingerprint density at radius 2 is 2.15 bits per heavy atom. The van der Waals surface area contributed by atoms with E-state index in [0.29, 0.717) is 5.92 Å². The summed E-state index contributed by atoms with van der Waals surface area (Å²) in [5.41, 5.74) is -0.523. The van der Waals surface area contributed by atoms with E-state index in [1.165, 1.54) is 18.2 Å². The lowest BCUT2D eigenvalue weighted by molar-refractivity contribution is -0.00786. The second-order valence-electron chi connectivity index (χ2n) is 5.77. The minimum atomic E-state index is -0.811. The van der Waals surface area contributed by atoms with Gasteiger partial charge in [0, 0.05) is 12.1 Å². The number of hydrogen-bond donors (Lipinski definition) is 2. The van der Waals surface area contributed by atoms with E-state index in [1.54, 1.807) is 6.07 Å². The Balaban J connectivity index is 1.87. The number of rotatable bonds is 4. The zero-order valence-corrected chi connectivity index (χ0v) is 11.9. The van der Waals surface area contributed by atoms with E-state index < -0.39 is 11.4 Å². The predicted molar refractivity (Wildman–Crippen MR) is 75.9 cm³/mol. The van der Waals surface area contributed by atoms with Crippen LogP contribution in [0.2, 0.25) is 0 Å². The molecular weight excluding hydrogens is 257 g/mol. The molecule has 20 heavy (non-hydrogen) atoms. The van der Waals surface area contributed by atoms with Gasteiger partial charge in [-0.05, 0) is 49.8 Å². The number of halogens is 1. The Labute approximate surface area is 119 Å². The molecule has 1 fully saturated rings. The molecule has 0 aliphatic heterocycles. The van der Waals surface area contributed by atoms with E-state index in [9.17, 15) is 14.3 Å². The molecule has 0 unspecified atom stereocenters. The van der Waals surface area contributed by atoms with Crippen molar-refractivity contribution in [3.63, 3.8) is 0 Å². The maximum atomic E-state index is 13.1. The van der Waals surface area contributed by atoms with Gasteiger partial charge >= 0.3 is 0 Å². The summed E-state index contributed by atoms with van der Waals surface area (Å²) < 4.78 is 13.1. The fraction of sp³-hybridized carbons (Fsp3) is 0.562. The van der Waals surface area contributed by atoms with Crippen LogP contribution in [-0.4, -0.2) is 23.2 Å². The first kappa shape index (κ1) is 15.0. The topological polar surface area (TPSA) is 49.3 Å². The Kier molecular flexibility index (Phi) is 4.76. The van der Waals surface area contributed by atoms with Gasteiger partial charge in [-0.2, -0.15) is 0 Å². The second-order valence-corrected chi connectivity index (χ2v) is 5.77. The van der Waals surface area contributed by atoms with Gasteiger partial charge in [-0.1, -0.05) is 19.4 Å². The van der Waals surface area contributed by atoms with Crippen molar-refractivity contribution in [3.8, 4) is 0 Å². The molecule has 110 valence electrons. The molecule has 1 amide bonds. The third-order valence-electron chi connectivity index (χ3n) is 4.28. The summed E-state index contributed by atoms with van der Waals surface area (Å²) in [7, 11) is 0. The molecule has 0 bridgehead atoms. The molecule has 1 aliphatic carbocycles. The van der Waals surface area contributed by atoms with Gasteiger partial charge in [-0.15, -0.1) is 0 Å². The van der Waals surface area contributed by atoms with Crippen molar-refractivity contribution in [2.75, 3.05) is 6.54 Å². The lowest BCUT2D eigenvalue weighted by Crippen LogP contribution is -2.45. The van der Waals surface area contributed by atoms with Crippen molar-refractivity contribution in [2.24, 2.45) is 5.92 Å². The third kappa shape index (κ3) is 3.79. The lowest BCUT2D eigenvalue weighted by Gasteiger charge is -2.35. The van der Waals surface area contributed by atoms with E-state index in [1.807, 2.05) is 0 Å². The van der Waals surface area contributed by atoms with Crippen molar-refractivity contribution in [2.45, 2.75) is 44.6 Å². The van der Waals surface area contributed by atoms with Gasteiger partial charge in [0.05, 0.1) is 5.60 Å². The van der Waals surface area contributed by atoms with Crippen LogP contribution in [0.15, 0.2) is 24.3 Å². The molecule has 0 spiro atoms. The molecule has 1 saturated carbocycles. The van der Waals surface area contributed by atoms with Gasteiger partial charge < -0.3 is 10.4 Å². The summed E-state index contributed by atoms with van der Waals surface area (Å²) in [5.74, 6) is -0.0791. The van der Waals surface area contributed by atoms with Gasteiger partial charge in [0.2, 0.25) is 0 Å². The van der Waals surface area contributed by atoms with Gasteiger partial charge in [-0.25, -0.2) is 4.39 Å². The van der Waals surface area contributed by atoms with Gasteiger partial charge in [-0.3, -0.25) is 4.79 Å². The highest BCUT2D eigenvalue weighted by Crippen LogP contribution is 2.33. The highest BCUT2D eigenvalue weighted by molar-refractivity contribution is 5.94. The average molecular weight is 279 g/mol. The van der Waals surface area contributed by atoms with Crippen molar-refractivity contribution in [1.82, 2.24) is 5.32 Å². The van der Waals surface area contributed by atoms with Crippen molar-refractivity contribution in [1.29, 1.82) is 0 Å². The fourth-order valence-electron chi connectivity index (χ4n) is 2.78. The van der Waals surface area contributed by atoms with Crippen LogP contribution in [0.1, 0.15) is 49.4 Å². The molecule has 0 heterocycles. The van der Waals surface area contributed by atoms with E-state index in [4.69, 9.17) is 0 Å². The van der Waals surface area contributed by atoms with Crippen LogP contribution in [0.5, 0.6) is 0 Å². The lowest BCUT2D eigenvalue weighted by atomic mass is 9.78. The predicted octanol–water partition coefficient (Wildman–Crippen LogP) is 2.89. The fourth-order valence-corrected chi connectivity index (χ4v) is 2.78. The Hall–Kier alpha value is -1.42.